The van der Waals surface area contributed by atoms with E-state index in [0.717, 1.165) is 55.4 Å². The van der Waals surface area contributed by atoms with Crippen molar-refractivity contribution >= 4 is 61.3 Å². The fraction of sp³-hybridized carbons (Fsp3) is 0. The Morgan fingerprint density at radius 2 is 1.13 bits per heavy atom. The van der Waals surface area contributed by atoms with Gasteiger partial charge < -0.3 is 13.7 Å². The molecular formula is C39H24N4O2. The number of aromatic nitrogens is 3. The van der Waals surface area contributed by atoms with E-state index in [0.29, 0.717) is 17.0 Å². The van der Waals surface area contributed by atoms with E-state index in [-0.39, 0.29) is 0 Å². The van der Waals surface area contributed by atoms with Crippen LogP contribution in [0.2, 0.25) is 0 Å². The predicted octanol–water partition coefficient (Wildman–Crippen LogP) is 10.5. The first-order valence-corrected chi connectivity index (χ1v) is 14.8. The highest BCUT2D eigenvalue weighted by Crippen LogP contribution is 2.43. The summed E-state index contributed by atoms with van der Waals surface area (Å²) in [5.41, 5.74) is 10.9. The summed E-state index contributed by atoms with van der Waals surface area (Å²) in [6, 6.07) is 43.7. The van der Waals surface area contributed by atoms with Crippen molar-refractivity contribution in [3.63, 3.8) is 0 Å². The Hall–Kier alpha value is -6.27. The summed E-state index contributed by atoms with van der Waals surface area (Å²) >= 11 is 0. The molecule has 4 aromatic carbocycles. The molecule has 6 heteroatoms. The normalized spacial score (nSPS) is 11.6. The van der Waals surface area contributed by atoms with Gasteiger partial charge in [-0.2, -0.15) is 0 Å². The maximum absolute atomic E-state index is 6.17. The van der Waals surface area contributed by atoms with E-state index in [1.165, 1.54) is 11.1 Å². The van der Waals surface area contributed by atoms with Gasteiger partial charge in [-0.3, -0.25) is 4.98 Å². The minimum Gasteiger partial charge on any atom is -0.438 e. The predicted molar refractivity (Wildman–Crippen MR) is 180 cm³/mol. The van der Waals surface area contributed by atoms with Crippen LogP contribution in [-0.4, -0.2) is 15.0 Å². The number of anilines is 3. The van der Waals surface area contributed by atoms with E-state index in [1.54, 1.807) is 12.4 Å². The van der Waals surface area contributed by atoms with Crippen molar-refractivity contribution in [2.45, 2.75) is 0 Å². The average molecular weight is 581 g/mol. The van der Waals surface area contributed by atoms with Gasteiger partial charge in [-0.15, -0.1) is 0 Å². The molecule has 9 rings (SSSR count). The molecule has 0 atom stereocenters. The average Bonchev–Trinajstić information content (AvgIpc) is 3.68. The monoisotopic (exact) mass is 580 g/mol. The van der Waals surface area contributed by atoms with Crippen LogP contribution in [0.3, 0.4) is 0 Å². The van der Waals surface area contributed by atoms with Crippen molar-refractivity contribution in [3.05, 3.63) is 146 Å². The fourth-order valence-electron chi connectivity index (χ4n) is 6.13. The van der Waals surface area contributed by atoms with Crippen LogP contribution in [0.15, 0.2) is 155 Å². The molecule has 9 aromatic rings. The lowest BCUT2D eigenvalue weighted by molar-refractivity contribution is 0.653. The van der Waals surface area contributed by atoms with Crippen molar-refractivity contribution in [1.29, 1.82) is 0 Å². The van der Waals surface area contributed by atoms with Gasteiger partial charge in [0.25, 0.3) is 0 Å². The first-order chi connectivity index (χ1) is 22.3. The van der Waals surface area contributed by atoms with Crippen molar-refractivity contribution < 1.29 is 8.83 Å². The maximum atomic E-state index is 6.17. The third kappa shape index (κ3) is 4.23. The van der Waals surface area contributed by atoms with Gasteiger partial charge in [0.05, 0.1) is 28.3 Å². The number of nitrogens with zero attached hydrogens (tertiary/aromatic N) is 4. The molecule has 0 amide bonds. The van der Waals surface area contributed by atoms with Gasteiger partial charge in [0.1, 0.15) is 11.1 Å². The van der Waals surface area contributed by atoms with Gasteiger partial charge in [-0.1, -0.05) is 84.9 Å². The number of benzene rings is 4. The zero-order valence-corrected chi connectivity index (χ0v) is 24.0. The van der Waals surface area contributed by atoms with E-state index >= 15 is 0 Å². The zero-order chi connectivity index (χ0) is 29.7. The molecule has 0 saturated heterocycles. The molecule has 0 radical (unpaired) electrons. The van der Waals surface area contributed by atoms with Crippen LogP contribution in [0.4, 0.5) is 17.1 Å². The number of fused-ring (bicyclic) bond motifs is 6. The van der Waals surface area contributed by atoms with Crippen molar-refractivity contribution in [2.75, 3.05) is 4.90 Å². The van der Waals surface area contributed by atoms with E-state index < -0.39 is 0 Å². The van der Waals surface area contributed by atoms with Crippen LogP contribution in [-0.2, 0) is 0 Å². The largest absolute Gasteiger partial charge is 0.438 e. The second-order valence-corrected chi connectivity index (χ2v) is 10.9. The molecule has 0 aliphatic heterocycles. The highest BCUT2D eigenvalue weighted by molar-refractivity contribution is 6.12. The molecular weight excluding hydrogens is 556 g/mol. The first-order valence-electron chi connectivity index (χ1n) is 14.8. The minimum atomic E-state index is 0.551. The second kappa shape index (κ2) is 10.2. The summed E-state index contributed by atoms with van der Waals surface area (Å²) in [6.45, 7) is 0. The molecule has 0 bridgehead atoms. The Labute approximate surface area is 257 Å². The Morgan fingerprint density at radius 3 is 1.93 bits per heavy atom. The summed E-state index contributed by atoms with van der Waals surface area (Å²) in [4.78, 5) is 16.1. The summed E-state index contributed by atoms with van der Waals surface area (Å²) in [5.74, 6) is 0. The summed E-state index contributed by atoms with van der Waals surface area (Å²) in [5, 5.41) is 2.79. The first kappa shape index (κ1) is 25.2. The van der Waals surface area contributed by atoms with Crippen LogP contribution in [0.1, 0.15) is 0 Å². The maximum Gasteiger partial charge on any atom is 0.229 e. The summed E-state index contributed by atoms with van der Waals surface area (Å²) in [7, 11) is 0. The minimum absolute atomic E-state index is 0.551. The molecule has 0 N–H and O–H groups in total. The molecule has 45 heavy (non-hydrogen) atoms. The van der Waals surface area contributed by atoms with Crippen molar-refractivity contribution in [2.24, 2.45) is 0 Å². The molecule has 6 nitrogen and oxygen atoms in total. The van der Waals surface area contributed by atoms with E-state index in [9.17, 15) is 0 Å². The Bertz CT molecular complexity index is 2480. The van der Waals surface area contributed by atoms with Gasteiger partial charge >= 0.3 is 0 Å². The summed E-state index contributed by atoms with van der Waals surface area (Å²) in [6.07, 6.45) is 5.41. The molecule has 0 spiro atoms. The Kier molecular flexibility index (Phi) is 5.71. The number of rotatable bonds is 5. The van der Waals surface area contributed by atoms with Crippen LogP contribution >= 0.6 is 0 Å². The number of furan rings is 2. The molecule has 5 heterocycles. The zero-order valence-electron chi connectivity index (χ0n) is 24.0. The molecule has 0 saturated carbocycles. The number of hydrogen-bond donors (Lipinski definition) is 0. The highest BCUT2D eigenvalue weighted by atomic mass is 16.3. The van der Waals surface area contributed by atoms with Crippen molar-refractivity contribution in [1.82, 2.24) is 15.0 Å². The third-order valence-electron chi connectivity index (χ3n) is 8.28. The third-order valence-corrected chi connectivity index (χ3v) is 8.28. The SMILES string of the molecule is c1ccc(-c2ccc(-c3ccc(N(c4cnc5oc6cccnc6c5c4)c4ccnc5oc6ccccc6c45)cc3)cc2)cc1. The van der Waals surface area contributed by atoms with Gasteiger partial charge in [0.15, 0.2) is 5.58 Å². The lowest BCUT2D eigenvalue weighted by Gasteiger charge is -2.26. The van der Waals surface area contributed by atoms with Crippen LogP contribution in [0, 0.1) is 0 Å². The van der Waals surface area contributed by atoms with Crippen LogP contribution < -0.4 is 4.90 Å². The number of hydrogen-bond acceptors (Lipinski definition) is 6. The highest BCUT2D eigenvalue weighted by Gasteiger charge is 2.22. The summed E-state index contributed by atoms with van der Waals surface area (Å²) < 4.78 is 12.2. The van der Waals surface area contributed by atoms with Gasteiger partial charge in [-0.25, -0.2) is 9.97 Å². The standard InChI is InChI=1S/C39H24N4O2/c1-2-7-25(8-3-1)26-12-14-27(15-13-26)28-16-18-29(19-17-28)43(30-23-32-37-35(11-6-21-40-37)45-38(32)42-24-30)33-20-22-41-39-36(33)31-9-4-5-10-34(31)44-39/h1-24H. The van der Waals surface area contributed by atoms with Gasteiger partial charge in [-0.05, 0) is 64.7 Å². The molecule has 0 aliphatic carbocycles. The molecule has 0 aliphatic rings. The van der Waals surface area contributed by atoms with Crippen LogP contribution in [0.25, 0.3) is 66.5 Å². The second-order valence-electron chi connectivity index (χ2n) is 10.9. The van der Waals surface area contributed by atoms with Gasteiger partial charge in [0.2, 0.25) is 11.4 Å². The smallest absolute Gasteiger partial charge is 0.229 e. The lowest BCUT2D eigenvalue weighted by Crippen LogP contribution is -2.11. The van der Waals surface area contributed by atoms with E-state index in [4.69, 9.17) is 13.8 Å². The number of para-hydroxylation sites is 1. The molecule has 5 aromatic heterocycles. The number of pyridine rings is 3. The molecule has 0 unspecified atom stereocenters. The topological polar surface area (TPSA) is 68.2 Å². The Morgan fingerprint density at radius 1 is 0.467 bits per heavy atom. The lowest BCUT2D eigenvalue weighted by atomic mass is 10.00. The fourth-order valence-corrected chi connectivity index (χ4v) is 6.13. The van der Waals surface area contributed by atoms with Crippen LogP contribution in [0.5, 0.6) is 0 Å². The molecule has 212 valence electrons. The quantitative estimate of drug-likeness (QED) is 0.202. The van der Waals surface area contributed by atoms with E-state index in [1.807, 2.05) is 48.7 Å². The molecule has 0 fully saturated rings. The van der Waals surface area contributed by atoms with E-state index in [2.05, 4.69) is 99.8 Å². The van der Waals surface area contributed by atoms with Gasteiger partial charge in [0, 0.05) is 23.5 Å². The Balaban J connectivity index is 1.20. The van der Waals surface area contributed by atoms with Crippen molar-refractivity contribution in [3.8, 4) is 22.3 Å².